The van der Waals surface area contributed by atoms with Gasteiger partial charge in [0.15, 0.2) is 0 Å². The summed E-state index contributed by atoms with van der Waals surface area (Å²) in [6.07, 6.45) is 5.20. The number of carbonyl (C=O) groups excluding carboxylic acids is 1. The minimum Gasteiger partial charge on any atom is -0.349 e. The second kappa shape index (κ2) is 7.55. The molecule has 0 radical (unpaired) electrons. The molecule has 0 spiro atoms. The number of amides is 1. The molecule has 2 rings (SSSR count). The Bertz CT molecular complexity index is 482. The Kier molecular flexibility index (Phi) is 5.74. The fourth-order valence-electron chi connectivity index (χ4n) is 2.87. The van der Waals surface area contributed by atoms with Gasteiger partial charge in [-0.3, -0.25) is 4.79 Å². The van der Waals surface area contributed by atoms with Crippen LogP contribution in [0, 0.1) is 12.7 Å². The van der Waals surface area contributed by atoms with Crippen molar-refractivity contribution < 1.29 is 9.18 Å². The van der Waals surface area contributed by atoms with E-state index in [1.807, 2.05) is 6.92 Å². The highest BCUT2D eigenvalue weighted by Gasteiger charge is 2.23. The topological polar surface area (TPSA) is 41.1 Å². The van der Waals surface area contributed by atoms with Gasteiger partial charge in [-0.1, -0.05) is 18.6 Å². The van der Waals surface area contributed by atoms with E-state index in [4.69, 9.17) is 0 Å². The Morgan fingerprint density at radius 2 is 1.90 bits per heavy atom. The average molecular weight is 292 g/mol. The normalized spacial score (nSPS) is 22.0. The molecule has 0 bridgehead atoms. The minimum absolute atomic E-state index is 0.154. The van der Waals surface area contributed by atoms with Crippen LogP contribution in [0.3, 0.4) is 0 Å². The van der Waals surface area contributed by atoms with Crippen molar-refractivity contribution in [3.8, 4) is 0 Å². The highest BCUT2D eigenvalue weighted by molar-refractivity contribution is 5.94. The van der Waals surface area contributed by atoms with E-state index in [9.17, 15) is 9.18 Å². The highest BCUT2D eigenvalue weighted by Crippen LogP contribution is 2.19. The van der Waals surface area contributed by atoms with Gasteiger partial charge in [0.1, 0.15) is 5.82 Å². The fraction of sp³-hybridized carbons (Fsp3) is 0.588. The van der Waals surface area contributed by atoms with Crippen molar-refractivity contribution in [2.24, 2.45) is 0 Å². The van der Waals surface area contributed by atoms with Gasteiger partial charge in [0.25, 0.3) is 5.91 Å². The molecule has 21 heavy (non-hydrogen) atoms. The van der Waals surface area contributed by atoms with Crippen molar-refractivity contribution in [2.75, 3.05) is 6.54 Å². The quantitative estimate of drug-likeness (QED) is 0.875. The van der Waals surface area contributed by atoms with Crippen LogP contribution in [-0.2, 0) is 0 Å². The second-order valence-corrected chi connectivity index (χ2v) is 5.96. The van der Waals surface area contributed by atoms with Gasteiger partial charge in [-0.15, -0.1) is 0 Å². The molecule has 4 heteroatoms. The van der Waals surface area contributed by atoms with E-state index in [1.165, 1.54) is 6.07 Å². The van der Waals surface area contributed by atoms with Crippen LogP contribution in [-0.4, -0.2) is 24.5 Å². The molecule has 0 aromatic heterocycles. The molecule has 0 unspecified atom stereocenters. The van der Waals surface area contributed by atoms with Crippen molar-refractivity contribution in [3.05, 3.63) is 35.1 Å². The van der Waals surface area contributed by atoms with E-state index in [0.717, 1.165) is 44.2 Å². The summed E-state index contributed by atoms with van der Waals surface area (Å²) >= 11 is 0. The minimum atomic E-state index is -0.448. The van der Waals surface area contributed by atoms with Crippen LogP contribution in [0.25, 0.3) is 0 Å². The van der Waals surface area contributed by atoms with Crippen molar-refractivity contribution in [1.82, 2.24) is 10.6 Å². The van der Waals surface area contributed by atoms with Crippen molar-refractivity contribution in [2.45, 2.75) is 58.0 Å². The lowest BCUT2D eigenvalue weighted by Gasteiger charge is -2.29. The Morgan fingerprint density at radius 1 is 1.24 bits per heavy atom. The molecule has 116 valence electrons. The molecule has 3 nitrogen and oxygen atoms in total. The summed E-state index contributed by atoms with van der Waals surface area (Å²) in [5.41, 5.74) is 1.05. The summed E-state index contributed by atoms with van der Waals surface area (Å²) in [7, 11) is 0. The summed E-state index contributed by atoms with van der Waals surface area (Å²) < 4.78 is 13.7. The van der Waals surface area contributed by atoms with E-state index in [0.29, 0.717) is 6.04 Å². The van der Waals surface area contributed by atoms with E-state index >= 15 is 0 Å². The average Bonchev–Trinajstić information content (AvgIpc) is 2.49. The molecular formula is C17H25FN2O. The van der Waals surface area contributed by atoms with Crippen LogP contribution in [0.2, 0.25) is 0 Å². The lowest BCUT2D eigenvalue weighted by molar-refractivity contribution is 0.0920. The predicted molar refractivity (Wildman–Crippen MR) is 82.9 cm³/mol. The van der Waals surface area contributed by atoms with Gasteiger partial charge in [0.05, 0.1) is 5.56 Å². The van der Waals surface area contributed by atoms with Gasteiger partial charge in [0.2, 0.25) is 0 Å². The third kappa shape index (κ3) is 4.53. The van der Waals surface area contributed by atoms with Gasteiger partial charge in [-0.2, -0.15) is 0 Å². The SMILES string of the molecule is CCCNC1CCC(NC(=O)c2cc(C)ccc2F)CC1. The molecule has 0 aliphatic heterocycles. The number of halogens is 1. The number of nitrogens with one attached hydrogen (secondary N) is 2. The number of aryl methyl sites for hydroxylation is 1. The Hall–Kier alpha value is -1.42. The first-order valence-corrected chi connectivity index (χ1v) is 7.90. The second-order valence-electron chi connectivity index (χ2n) is 5.96. The van der Waals surface area contributed by atoms with Crippen LogP contribution < -0.4 is 10.6 Å². The molecule has 0 heterocycles. The van der Waals surface area contributed by atoms with Gasteiger partial charge in [0, 0.05) is 12.1 Å². The van der Waals surface area contributed by atoms with Crippen LogP contribution >= 0.6 is 0 Å². The van der Waals surface area contributed by atoms with Crippen LogP contribution in [0.4, 0.5) is 4.39 Å². The zero-order chi connectivity index (χ0) is 15.2. The molecular weight excluding hydrogens is 267 g/mol. The third-order valence-electron chi connectivity index (χ3n) is 4.11. The maximum absolute atomic E-state index is 13.7. The summed E-state index contributed by atoms with van der Waals surface area (Å²) in [4.78, 5) is 12.2. The van der Waals surface area contributed by atoms with Crippen molar-refractivity contribution >= 4 is 5.91 Å². The number of hydrogen-bond acceptors (Lipinski definition) is 2. The van der Waals surface area contributed by atoms with Gasteiger partial charge in [-0.05, 0) is 57.7 Å². The third-order valence-corrected chi connectivity index (χ3v) is 4.11. The standard InChI is InChI=1S/C17H25FN2O/c1-3-10-19-13-5-7-14(8-6-13)20-17(21)15-11-12(2)4-9-16(15)18/h4,9,11,13-14,19H,3,5-8,10H2,1-2H3,(H,20,21). The maximum Gasteiger partial charge on any atom is 0.254 e. The zero-order valence-corrected chi connectivity index (χ0v) is 12.9. The smallest absolute Gasteiger partial charge is 0.254 e. The first-order valence-electron chi connectivity index (χ1n) is 7.90. The zero-order valence-electron chi connectivity index (χ0n) is 12.9. The molecule has 1 aromatic carbocycles. The maximum atomic E-state index is 13.7. The van der Waals surface area contributed by atoms with Crippen LogP contribution in [0.5, 0.6) is 0 Å². The largest absolute Gasteiger partial charge is 0.349 e. The van der Waals surface area contributed by atoms with Crippen molar-refractivity contribution in [1.29, 1.82) is 0 Å². The highest BCUT2D eigenvalue weighted by atomic mass is 19.1. The molecule has 1 aromatic rings. The van der Waals surface area contributed by atoms with Crippen molar-refractivity contribution in [3.63, 3.8) is 0 Å². The number of hydrogen-bond donors (Lipinski definition) is 2. The summed E-state index contributed by atoms with van der Waals surface area (Å²) in [6, 6.07) is 5.37. The summed E-state index contributed by atoms with van der Waals surface area (Å²) in [5.74, 6) is -0.738. The summed E-state index contributed by atoms with van der Waals surface area (Å²) in [6.45, 7) is 5.08. The Morgan fingerprint density at radius 3 is 2.57 bits per heavy atom. The Labute approximate surface area is 126 Å². The molecule has 1 aliphatic rings. The molecule has 1 amide bonds. The Balaban J connectivity index is 1.85. The van der Waals surface area contributed by atoms with E-state index < -0.39 is 5.82 Å². The predicted octanol–water partition coefficient (Wildman–Crippen LogP) is 3.17. The molecule has 1 saturated carbocycles. The van der Waals surface area contributed by atoms with Crippen LogP contribution in [0.15, 0.2) is 18.2 Å². The van der Waals surface area contributed by atoms with E-state index in [2.05, 4.69) is 17.6 Å². The van der Waals surface area contributed by atoms with E-state index in [-0.39, 0.29) is 17.5 Å². The molecule has 1 fully saturated rings. The van der Waals surface area contributed by atoms with E-state index in [1.54, 1.807) is 12.1 Å². The monoisotopic (exact) mass is 292 g/mol. The van der Waals surface area contributed by atoms with Gasteiger partial charge >= 0.3 is 0 Å². The molecule has 1 aliphatic carbocycles. The lowest BCUT2D eigenvalue weighted by Crippen LogP contribution is -2.42. The van der Waals surface area contributed by atoms with Crippen LogP contribution in [0.1, 0.15) is 54.9 Å². The number of rotatable bonds is 5. The molecule has 0 saturated heterocycles. The first-order chi connectivity index (χ1) is 10.1. The fourth-order valence-corrected chi connectivity index (χ4v) is 2.87. The number of benzene rings is 1. The number of carbonyl (C=O) groups is 1. The van der Waals surface area contributed by atoms with Gasteiger partial charge in [-0.25, -0.2) is 4.39 Å². The van der Waals surface area contributed by atoms with Gasteiger partial charge < -0.3 is 10.6 Å². The molecule has 0 atom stereocenters. The first kappa shape index (κ1) is 16.0. The lowest BCUT2D eigenvalue weighted by atomic mass is 9.91. The summed E-state index contributed by atoms with van der Waals surface area (Å²) in [5, 5.41) is 6.49. The molecule has 2 N–H and O–H groups in total.